The lowest BCUT2D eigenvalue weighted by atomic mass is 10.0. The molecule has 1 aliphatic rings. The second-order valence-electron chi connectivity index (χ2n) is 5.91. The van der Waals surface area contributed by atoms with Gasteiger partial charge in [0.05, 0.1) is 5.52 Å². The van der Waals surface area contributed by atoms with Crippen LogP contribution in [0.15, 0.2) is 24.3 Å². The normalized spacial score (nSPS) is 14.7. The minimum Gasteiger partial charge on any atom is -0.384 e. The van der Waals surface area contributed by atoms with Crippen LogP contribution < -0.4 is 11.1 Å². The van der Waals surface area contributed by atoms with Crippen molar-refractivity contribution in [3.8, 4) is 0 Å². The fourth-order valence-corrected chi connectivity index (χ4v) is 3.23. The van der Waals surface area contributed by atoms with E-state index in [1.165, 1.54) is 41.6 Å². The highest BCUT2D eigenvalue weighted by atomic mass is 14.9. The van der Waals surface area contributed by atoms with Crippen molar-refractivity contribution in [1.29, 1.82) is 0 Å². The van der Waals surface area contributed by atoms with Crippen LogP contribution in [0.25, 0.3) is 10.9 Å². The molecule has 21 heavy (non-hydrogen) atoms. The molecule has 0 saturated carbocycles. The van der Waals surface area contributed by atoms with Crippen molar-refractivity contribution in [2.75, 3.05) is 18.4 Å². The molecule has 0 atom stereocenters. The maximum Gasteiger partial charge on any atom is 0.0726 e. The third kappa shape index (κ3) is 3.18. The van der Waals surface area contributed by atoms with Crippen molar-refractivity contribution < 1.29 is 0 Å². The maximum absolute atomic E-state index is 5.59. The van der Waals surface area contributed by atoms with Crippen LogP contribution in [0, 0.1) is 0 Å². The molecule has 0 aliphatic heterocycles. The summed E-state index contributed by atoms with van der Waals surface area (Å²) in [5.41, 5.74) is 10.8. The minimum absolute atomic E-state index is 0.775. The lowest BCUT2D eigenvalue weighted by Gasteiger charge is -2.17. The largest absolute Gasteiger partial charge is 0.384 e. The first-order valence-electron chi connectivity index (χ1n) is 8.24. The summed E-state index contributed by atoms with van der Waals surface area (Å²) in [7, 11) is 0. The van der Waals surface area contributed by atoms with Crippen molar-refractivity contribution in [1.82, 2.24) is 4.98 Å². The Balaban J connectivity index is 1.98. The lowest BCUT2D eigenvalue weighted by molar-refractivity contribution is 0.709. The van der Waals surface area contributed by atoms with Gasteiger partial charge in [0.15, 0.2) is 0 Å². The quantitative estimate of drug-likeness (QED) is 0.650. The Labute approximate surface area is 127 Å². The van der Waals surface area contributed by atoms with Gasteiger partial charge in [0.25, 0.3) is 0 Å². The molecule has 0 radical (unpaired) electrons. The maximum atomic E-state index is 5.59. The molecular formula is C18H25N3. The summed E-state index contributed by atoms with van der Waals surface area (Å²) >= 11 is 0. The van der Waals surface area contributed by atoms with Crippen molar-refractivity contribution in [2.45, 2.75) is 44.9 Å². The first-order valence-corrected chi connectivity index (χ1v) is 8.24. The van der Waals surface area contributed by atoms with Crippen LogP contribution >= 0.6 is 0 Å². The Hall–Kier alpha value is -1.61. The Bertz CT molecular complexity index is 607. The molecule has 3 nitrogen and oxygen atoms in total. The van der Waals surface area contributed by atoms with E-state index < -0.39 is 0 Å². The van der Waals surface area contributed by atoms with E-state index in [0.29, 0.717) is 0 Å². The van der Waals surface area contributed by atoms with E-state index in [1.807, 2.05) is 0 Å². The lowest BCUT2D eigenvalue weighted by Crippen LogP contribution is -2.10. The van der Waals surface area contributed by atoms with Crippen molar-refractivity contribution in [2.24, 2.45) is 5.73 Å². The van der Waals surface area contributed by atoms with Crippen LogP contribution in [-0.4, -0.2) is 18.1 Å². The smallest absolute Gasteiger partial charge is 0.0726 e. The molecule has 0 saturated heterocycles. The molecule has 0 unspecified atom stereocenters. The monoisotopic (exact) mass is 283 g/mol. The molecule has 0 amide bonds. The van der Waals surface area contributed by atoms with Crippen molar-refractivity contribution >= 4 is 16.6 Å². The van der Waals surface area contributed by atoms with Gasteiger partial charge in [-0.15, -0.1) is 0 Å². The van der Waals surface area contributed by atoms with Gasteiger partial charge in [0.2, 0.25) is 0 Å². The average molecular weight is 283 g/mol. The van der Waals surface area contributed by atoms with Crippen LogP contribution in [0.3, 0.4) is 0 Å². The number of benzene rings is 1. The highest BCUT2D eigenvalue weighted by Crippen LogP contribution is 2.32. The first kappa shape index (κ1) is 14.3. The zero-order valence-electron chi connectivity index (χ0n) is 12.7. The molecule has 1 aromatic carbocycles. The molecule has 2 aromatic rings. The summed E-state index contributed by atoms with van der Waals surface area (Å²) in [5.74, 6) is 0. The number of pyridine rings is 1. The predicted molar refractivity (Wildman–Crippen MR) is 89.8 cm³/mol. The van der Waals surface area contributed by atoms with Crippen LogP contribution in [0.4, 0.5) is 5.69 Å². The number of unbranched alkanes of at least 4 members (excludes halogenated alkanes) is 1. The van der Waals surface area contributed by atoms with Crippen LogP contribution in [0.5, 0.6) is 0 Å². The fourth-order valence-electron chi connectivity index (χ4n) is 3.23. The van der Waals surface area contributed by atoms with E-state index in [0.717, 1.165) is 44.3 Å². The van der Waals surface area contributed by atoms with Crippen molar-refractivity contribution in [3.63, 3.8) is 0 Å². The van der Waals surface area contributed by atoms with E-state index in [2.05, 4.69) is 29.6 Å². The average Bonchev–Trinajstić information content (AvgIpc) is 2.75. The molecular weight excluding hydrogens is 258 g/mol. The number of nitrogens with zero attached hydrogens (tertiary/aromatic N) is 1. The van der Waals surface area contributed by atoms with E-state index in [-0.39, 0.29) is 0 Å². The first-order chi connectivity index (χ1) is 10.4. The summed E-state index contributed by atoms with van der Waals surface area (Å²) in [4.78, 5) is 4.92. The van der Waals surface area contributed by atoms with Gasteiger partial charge < -0.3 is 11.1 Å². The second kappa shape index (κ2) is 6.90. The Morgan fingerprint density at radius 1 is 1.05 bits per heavy atom. The molecule has 1 aromatic heterocycles. The Morgan fingerprint density at radius 2 is 1.90 bits per heavy atom. The molecule has 3 heteroatoms. The van der Waals surface area contributed by atoms with Gasteiger partial charge in [-0.3, -0.25) is 4.98 Å². The summed E-state index contributed by atoms with van der Waals surface area (Å²) in [6, 6.07) is 8.51. The van der Waals surface area contributed by atoms with Gasteiger partial charge in [-0.25, -0.2) is 0 Å². The number of aryl methyl sites for hydroxylation is 1. The minimum atomic E-state index is 0.775. The summed E-state index contributed by atoms with van der Waals surface area (Å²) < 4.78 is 0. The van der Waals surface area contributed by atoms with Gasteiger partial charge >= 0.3 is 0 Å². The molecule has 0 fully saturated rings. The van der Waals surface area contributed by atoms with Gasteiger partial charge in [-0.2, -0.15) is 0 Å². The van der Waals surface area contributed by atoms with Crippen molar-refractivity contribution in [3.05, 3.63) is 35.5 Å². The van der Waals surface area contributed by atoms with Crippen LogP contribution in [-0.2, 0) is 12.8 Å². The van der Waals surface area contributed by atoms with Gasteiger partial charge in [-0.1, -0.05) is 24.6 Å². The zero-order valence-corrected chi connectivity index (χ0v) is 12.7. The third-order valence-corrected chi connectivity index (χ3v) is 4.35. The van der Waals surface area contributed by atoms with Gasteiger partial charge in [0.1, 0.15) is 0 Å². The highest BCUT2D eigenvalue weighted by Gasteiger charge is 2.16. The molecule has 1 aliphatic carbocycles. The highest BCUT2D eigenvalue weighted by molar-refractivity contribution is 5.93. The molecule has 112 valence electrons. The number of nitrogens with two attached hydrogens (primary N) is 1. The number of aromatic nitrogens is 1. The topological polar surface area (TPSA) is 50.9 Å². The number of hydrogen-bond acceptors (Lipinski definition) is 3. The standard InChI is InChI=1S/C18H25N3/c19-12-6-7-13-20-18-14-8-2-1-3-10-16(14)21-17-11-5-4-9-15(17)18/h4-5,9,11H,1-3,6-8,10,12-13,19H2,(H,20,21). The number of nitrogens with one attached hydrogen (secondary N) is 1. The number of rotatable bonds is 5. The van der Waals surface area contributed by atoms with Crippen LogP contribution in [0.2, 0.25) is 0 Å². The molecule has 1 heterocycles. The zero-order chi connectivity index (χ0) is 14.5. The van der Waals surface area contributed by atoms with Gasteiger partial charge in [0, 0.05) is 23.3 Å². The third-order valence-electron chi connectivity index (χ3n) is 4.35. The van der Waals surface area contributed by atoms with E-state index in [4.69, 9.17) is 10.7 Å². The summed E-state index contributed by atoms with van der Waals surface area (Å²) in [5, 5.41) is 4.95. The molecule has 3 N–H and O–H groups in total. The van der Waals surface area contributed by atoms with E-state index in [9.17, 15) is 0 Å². The molecule has 0 bridgehead atoms. The number of hydrogen-bond donors (Lipinski definition) is 2. The predicted octanol–water partition coefficient (Wildman–Crippen LogP) is 3.65. The Kier molecular flexibility index (Phi) is 4.71. The number of anilines is 1. The summed E-state index contributed by atoms with van der Waals surface area (Å²) in [6.07, 6.45) is 8.36. The van der Waals surface area contributed by atoms with E-state index >= 15 is 0 Å². The number of fused-ring (bicyclic) bond motifs is 2. The van der Waals surface area contributed by atoms with Gasteiger partial charge in [-0.05, 0) is 56.7 Å². The molecule has 3 rings (SSSR count). The second-order valence-corrected chi connectivity index (χ2v) is 5.91. The summed E-state index contributed by atoms with van der Waals surface area (Å²) in [6.45, 7) is 1.77. The molecule has 0 spiro atoms. The number of para-hydroxylation sites is 1. The Morgan fingerprint density at radius 3 is 2.81 bits per heavy atom. The fraction of sp³-hybridized carbons (Fsp3) is 0.500. The SMILES string of the molecule is NCCCCNc1c2c(nc3ccccc13)CCCCC2. The van der Waals surface area contributed by atoms with Crippen LogP contribution in [0.1, 0.15) is 43.4 Å². The van der Waals surface area contributed by atoms with E-state index in [1.54, 1.807) is 0 Å².